The van der Waals surface area contributed by atoms with Gasteiger partial charge in [-0.05, 0) is 12.8 Å². The minimum Gasteiger partial charge on any atom is -0.481 e. The fraction of sp³-hybridized carbons (Fsp3) is 0.417. The molecule has 5 nitrogen and oxygen atoms in total. The number of likely N-dealkylation sites (tertiary alicyclic amines) is 1. The Morgan fingerprint density at radius 2 is 1.80 bits per heavy atom. The number of carboxylic acid groups (broad SMARTS) is 1. The van der Waals surface area contributed by atoms with Crippen LogP contribution in [0.3, 0.4) is 0 Å². The largest absolute Gasteiger partial charge is 0.481 e. The van der Waals surface area contributed by atoms with Crippen LogP contribution in [0.25, 0.3) is 0 Å². The van der Waals surface area contributed by atoms with Gasteiger partial charge in [0.05, 0.1) is 21.0 Å². The van der Waals surface area contributed by atoms with E-state index in [2.05, 4.69) is 4.98 Å². The number of nitrogens with zero attached hydrogens (tertiary/aromatic N) is 2. The molecular formula is C12H11Cl3N2O3. The number of hydrogen-bond acceptors (Lipinski definition) is 3. The van der Waals surface area contributed by atoms with E-state index in [1.807, 2.05) is 0 Å². The summed E-state index contributed by atoms with van der Waals surface area (Å²) in [7, 11) is 0. The molecule has 1 aromatic heterocycles. The van der Waals surface area contributed by atoms with Crippen LogP contribution in [-0.4, -0.2) is 40.0 Å². The van der Waals surface area contributed by atoms with Gasteiger partial charge in [0.1, 0.15) is 5.69 Å². The SMILES string of the molecule is O=C(O)C1CCN(C(=O)c2ncc(Cl)c(Cl)c2Cl)CC1. The van der Waals surface area contributed by atoms with Crippen molar-refractivity contribution in [1.82, 2.24) is 9.88 Å². The predicted molar refractivity (Wildman–Crippen MR) is 75.5 cm³/mol. The van der Waals surface area contributed by atoms with E-state index in [4.69, 9.17) is 39.9 Å². The van der Waals surface area contributed by atoms with Gasteiger partial charge >= 0.3 is 5.97 Å². The van der Waals surface area contributed by atoms with Crippen molar-refractivity contribution < 1.29 is 14.7 Å². The van der Waals surface area contributed by atoms with E-state index in [9.17, 15) is 9.59 Å². The van der Waals surface area contributed by atoms with Crippen LogP contribution in [0, 0.1) is 5.92 Å². The normalized spacial score (nSPS) is 16.2. The summed E-state index contributed by atoms with van der Waals surface area (Å²) in [5.74, 6) is -1.60. The van der Waals surface area contributed by atoms with Gasteiger partial charge in [-0.1, -0.05) is 34.8 Å². The van der Waals surface area contributed by atoms with Crippen LogP contribution in [0.1, 0.15) is 23.3 Å². The van der Waals surface area contributed by atoms with Crippen molar-refractivity contribution in [1.29, 1.82) is 0 Å². The molecule has 0 unspecified atom stereocenters. The minimum atomic E-state index is -0.831. The fourth-order valence-electron chi connectivity index (χ4n) is 2.07. The van der Waals surface area contributed by atoms with Crippen molar-refractivity contribution >= 4 is 46.7 Å². The average Bonchev–Trinajstić information content (AvgIpc) is 2.44. The second-order valence-corrected chi connectivity index (χ2v) is 5.65. The van der Waals surface area contributed by atoms with Crippen LogP contribution in [0.4, 0.5) is 0 Å². The summed E-state index contributed by atoms with van der Waals surface area (Å²) in [4.78, 5) is 28.6. The Morgan fingerprint density at radius 3 is 2.35 bits per heavy atom. The molecule has 1 amide bonds. The smallest absolute Gasteiger partial charge is 0.306 e. The topological polar surface area (TPSA) is 70.5 Å². The molecule has 20 heavy (non-hydrogen) atoms. The number of halogens is 3. The number of carbonyl (C=O) groups is 2. The van der Waals surface area contributed by atoms with Crippen molar-refractivity contribution in [2.24, 2.45) is 5.92 Å². The number of pyridine rings is 1. The molecule has 0 saturated carbocycles. The van der Waals surface area contributed by atoms with Crippen LogP contribution < -0.4 is 0 Å². The third-order valence-corrected chi connectivity index (χ3v) is 4.49. The highest BCUT2D eigenvalue weighted by atomic mass is 35.5. The highest BCUT2D eigenvalue weighted by molar-refractivity contribution is 6.48. The lowest BCUT2D eigenvalue weighted by Crippen LogP contribution is -2.40. The molecule has 2 rings (SSSR count). The van der Waals surface area contributed by atoms with E-state index in [-0.39, 0.29) is 26.7 Å². The summed E-state index contributed by atoms with van der Waals surface area (Å²) in [6.45, 7) is 0.710. The third-order valence-electron chi connectivity index (χ3n) is 3.25. The number of carbonyl (C=O) groups excluding carboxylic acids is 1. The van der Waals surface area contributed by atoms with E-state index in [0.29, 0.717) is 25.9 Å². The van der Waals surface area contributed by atoms with Crippen molar-refractivity contribution in [3.63, 3.8) is 0 Å². The molecule has 2 heterocycles. The van der Waals surface area contributed by atoms with Crippen LogP contribution >= 0.6 is 34.8 Å². The van der Waals surface area contributed by atoms with E-state index in [1.54, 1.807) is 0 Å². The molecule has 0 aliphatic carbocycles. The van der Waals surface area contributed by atoms with Gasteiger partial charge < -0.3 is 10.0 Å². The molecule has 8 heteroatoms. The van der Waals surface area contributed by atoms with E-state index in [1.165, 1.54) is 11.1 Å². The van der Waals surface area contributed by atoms with Gasteiger partial charge in [0.15, 0.2) is 0 Å². The molecule has 108 valence electrons. The Labute approximate surface area is 130 Å². The zero-order chi connectivity index (χ0) is 14.9. The van der Waals surface area contributed by atoms with Crippen molar-refractivity contribution in [3.8, 4) is 0 Å². The number of hydrogen-bond donors (Lipinski definition) is 1. The lowest BCUT2D eigenvalue weighted by Gasteiger charge is -2.30. The first-order valence-corrected chi connectivity index (χ1v) is 7.06. The number of aromatic nitrogens is 1. The van der Waals surface area contributed by atoms with Gasteiger partial charge in [0, 0.05) is 19.3 Å². The van der Waals surface area contributed by atoms with E-state index in [0.717, 1.165) is 0 Å². The zero-order valence-corrected chi connectivity index (χ0v) is 12.5. The summed E-state index contributed by atoms with van der Waals surface area (Å²) in [5, 5.41) is 9.21. The minimum absolute atomic E-state index is 0.0181. The molecule has 1 fully saturated rings. The molecule has 0 bridgehead atoms. The summed E-state index contributed by atoms with van der Waals surface area (Å²) in [6.07, 6.45) is 2.10. The molecule has 0 aromatic carbocycles. The molecule has 1 aliphatic rings. The third kappa shape index (κ3) is 3.00. The standard InChI is InChI=1S/C12H11Cl3N2O3/c13-7-5-16-10(9(15)8(7)14)11(18)17-3-1-6(2-4-17)12(19)20/h5-6H,1-4H2,(H,19,20). The summed E-state index contributed by atoms with van der Waals surface area (Å²) in [5.41, 5.74) is 0.0369. The van der Waals surface area contributed by atoms with Gasteiger partial charge in [-0.2, -0.15) is 0 Å². The summed E-state index contributed by atoms with van der Waals surface area (Å²) >= 11 is 17.6. The average molecular weight is 338 g/mol. The fourth-order valence-corrected chi connectivity index (χ4v) is 2.63. The van der Waals surface area contributed by atoms with E-state index >= 15 is 0 Å². The maximum atomic E-state index is 12.3. The Kier molecular flexibility index (Phi) is 4.73. The maximum Gasteiger partial charge on any atom is 0.306 e. The number of rotatable bonds is 2. The molecule has 1 aliphatic heterocycles. The van der Waals surface area contributed by atoms with Crippen molar-refractivity contribution in [2.75, 3.05) is 13.1 Å². The van der Waals surface area contributed by atoms with Gasteiger partial charge in [0.25, 0.3) is 5.91 Å². The van der Waals surface area contributed by atoms with Crippen LogP contribution in [0.5, 0.6) is 0 Å². The highest BCUT2D eigenvalue weighted by Gasteiger charge is 2.29. The van der Waals surface area contributed by atoms with Gasteiger partial charge in [-0.3, -0.25) is 9.59 Å². The monoisotopic (exact) mass is 336 g/mol. The first kappa shape index (κ1) is 15.4. The predicted octanol–water partition coefficient (Wildman–Crippen LogP) is 2.98. The number of piperidine rings is 1. The molecule has 1 saturated heterocycles. The van der Waals surface area contributed by atoms with Gasteiger partial charge in [-0.25, -0.2) is 4.98 Å². The lowest BCUT2D eigenvalue weighted by atomic mass is 9.97. The first-order valence-electron chi connectivity index (χ1n) is 5.93. The highest BCUT2D eigenvalue weighted by Crippen LogP contribution is 2.32. The first-order chi connectivity index (χ1) is 9.41. The number of aliphatic carboxylic acids is 1. The van der Waals surface area contributed by atoms with Crippen LogP contribution in [-0.2, 0) is 4.79 Å². The van der Waals surface area contributed by atoms with E-state index < -0.39 is 11.9 Å². The summed E-state index contributed by atoms with van der Waals surface area (Å²) in [6, 6.07) is 0. The molecule has 1 aromatic rings. The Balaban J connectivity index is 2.14. The van der Waals surface area contributed by atoms with Crippen LogP contribution in [0.15, 0.2) is 6.20 Å². The summed E-state index contributed by atoms with van der Waals surface area (Å²) < 4.78 is 0. The Bertz CT molecular complexity index is 557. The molecular weight excluding hydrogens is 327 g/mol. The van der Waals surface area contributed by atoms with Gasteiger partial charge in [0.2, 0.25) is 0 Å². The Hall–Kier alpha value is -1.04. The number of carboxylic acids is 1. The maximum absolute atomic E-state index is 12.3. The number of amides is 1. The van der Waals surface area contributed by atoms with Crippen molar-refractivity contribution in [2.45, 2.75) is 12.8 Å². The zero-order valence-electron chi connectivity index (χ0n) is 10.3. The quantitative estimate of drug-likeness (QED) is 0.900. The lowest BCUT2D eigenvalue weighted by molar-refractivity contribution is -0.143. The van der Waals surface area contributed by atoms with Gasteiger partial charge in [-0.15, -0.1) is 0 Å². The second kappa shape index (κ2) is 6.16. The molecule has 0 atom stereocenters. The molecule has 0 spiro atoms. The van der Waals surface area contributed by atoms with Crippen LogP contribution in [0.2, 0.25) is 15.1 Å². The molecule has 1 N–H and O–H groups in total. The van der Waals surface area contributed by atoms with Crippen molar-refractivity contribution in [3.05, 3.63) is 27.0 Å². The second-order valence-electron chi connectivity index (χ2n) is 4.49. The molecule has 0 radical (unpaired) electrons. The Morgan fingerprint density at radius 1 is 1.20 bits per heavy atom.